The number of rotatable bonds is 5. The number of hydrogen-bond acceptors (Lipinski definition) is 6. The minimum atomic E-state index is -0.0741. The first kappa shape index (κ1) is 19.7. The highest BCUT2D eigenvalue weighted by atomic mass is 35.5. The summed E-state index contributed by atoms with van der Waals surface area (Å²) in [5.41, 5.74) is 1.69. The van der Waals surface area contributed by atoms with Gasteiger partial charge in [0.05, 0.1) is 27.4 Å². The van der Waals surface area contributed by atoms with Crippen molar-refractivity contribution in [3.8, 4) is 0 Å². The van der Waals surface area contributed by atoms with Gasteiger partial charge in [0, 0.05) is 13.0 Å². The average Bonchev–Trinajstić information content (AvgIpc) is 3.43. The van der Waals surface area contributed by atoms with E-state index < -0.39 is 0 Å². The van der Waals surface area contributed by atoms with Crippen LogP contribution >= 0.6 is 23.2 Å². The summed E-state index contributed by atoms with van der Waals surface area (Å²) in [5, 5.41) is 19.0. The van der Waals surface area contributed by atoms with Gasteiger partial charge in [-0.25, -0.2) is 9.67 Å². The van der Waals surface area contributed by atoms with Crippen molar-refractivity contribution in [1.29, 1.82) is 0 Å². The molecular formula is C21H25Cl2N7O. The van der Waals surface area contributed by atoms with Crippen molar-refractivity contribution in [3.05, 3.63) is 39.8 Å². The van der Waals surface area contributed by atoms with Crippen LogP contribution in [0.5, 0.6) is 0 Å². The van der Waals surface area contributed by atoms with E-state index in [9.17, 15) is 0 Å². The van der Waals surface area contributed by atoms with E-state index in [1.807, 2.05) is 23.2 Å². The third kappa shape index (κ3) is 3.05. The molecule has 0 saturated heterocycles. The highest BCUT2D eigenvalue weighted by Gasteiger charge is 2.61. The third-order valence-electron chi connectivity index (χ3n) is 7.73. The summed E-state index contributed by atoms with van der Waals surface area (Å²) in [6, 6.07) is 0. The van der Waals surface area contributed by atoms with Gasteiger partial charge in [-0.1, -0.05) is 11.6 Å². The van der Waals surface area contributed by atoms with Crippen LogP contribution in [0, 0.1) is 25.7 Å². The van der Waals surface area contributed by atoms with E-state index in [1.54, 1.807) is 6.33 Å². The van der Waals surface area contributed by atoms with Gasteiger partial charge in [0.1, 0.15) is 6.33 Å². The van der Waals surface area contributed by atoms with Crippen LogP contribution in [-0.4, -0.2) is 34.7 Å². The van der Waals surface area contributed by atoms with Gasteiger partial charge < -0.3 is 4.42 Å². The second-order valence-electron chi connectivity index (χ2n) is 9.88. The van der Waals surface area contributed by atoms with Crippen LogP contribution in [-0.2, 0) is 23.9 Å². The molecule has 2 atom stereocenters. The Morgan fingerprint density at radius 3 is 2.52 bits per heavy atom. The molecule has 0 amide bonds. The van der Waals surface area contributed by atoms with Gasteiger partial charge in [-0.15, -0.1) is 15.3 Å². The Morgan fingerprint density at radius 1 is 1.10 bits per heavy atom. The molecule has 0 spiro atoms. The van der Waals surface area contributed by atoms with E-state index in [2.05, 4.69) is 25.4 Å². The molecule has 0 radical (unpaired) electrons. The number of nitrogens with zero attached hydrogens (tertiary/aromatic N) is 7. The van der Waals surface area contributed by atoms with Crippen molar-refractivity contribution >= 4 is 23.2 Å². The molecule has 0 aromatic carbocycles. The molecule has 164 valence electrons. The van der Waals surface area contributed by atoms with Crippen LogP contribution in [0.1, 0.15) is 61.7 Å². The second kappa shape index (κ2) is 6.78. The van der Waals surface area contributed by atoms with Gasteiger partial charge in [-0.3, -0.25) is 4.68 Å². The molecule has 4 aliphatic rings. The Labute approximate surface area is 190 Å². The number of aryl methyl sites for hydroxylation is 3. The van der Waals surface area contributed by atoms with E-state index >= 15 is 0 Å². The first-order valence-corrected chi connectivity index (χ1v) is 11.7. The zero-order valence-electron chi connectivity index (χ0n) is 17.7. The Morgan fingerprint density at radius 2 is 1.87 bits per heavy atom. The molecular weight excluding hydrogens is 437 g/mol. The molecule has 4 saturated carbocycles. The molecule has 0 aliphatic heterocycles. The highest BCUT2D eigenvalue weighted by Crippen LogP contribution is 2.64. The molecule has 7 rings (SSSR count). The van der Waals surface area contributed by atoms with Crippen LogP contribution in [0.2, 0.25) is 10.3 Å². The fourth-order valence-electron chi connectivity index (χ4n) is 6.87. The molecule has 31 heavy (non-hydrogen) atoms. The van der Waals surface area contributed by atoms with Crippen molar-refractivity contribution in [2.45, 2.75) is 76.3 Å². The summed E-state index contributed by atoms with van der Waals surface area (Å²) in [4.78, 5) is 4.19. The summed E-state index contributed by atoms with van der Waals surface area (Å²) in [6.45, 7) is 4.56. The third-order valence-corrected chi connectivity index (χ3v) is 8.45. The summed E-state index contributed by atoms with van der Waals surface area (Å²) in [6.07, 6.45) is 9.16. The molecule has 4 bridgehead atoms. The van der Waals surface area contributed by atoms with Crippen LogP contribution in [0.25, 0.3) is 0 Å². The number of halogens is 2. The Hall–Kier alpha value is -1.93. The summed E-state index contributed by atoms with van der Waals surface area (Å²) >= 11 is 12.3. The first-order valence-electron chi connectivity index (χ1n) is 11.0. The van der Waals surface area contributed by atoms with Crippen molar-refractivity contribution in [3.63, 3.8) is 0 Å². The van der Waals surface area contributed by atoms with Crippen LogP contribution in [0.4, 0.5) is 0 Å². The minimum absolute atomic E-state index is 0.0424. The lowest BCUT2D eigenvalue weighted by atomic mass is 9.47. The quantitative estimate of drug-likeness (QED) is 0.563. The molecule has 3 heterocycles. The number of hydrogen-bond donors (Lipinski definition) is 0. The van der Waals surface area contributed by atoms with E-state index in [1.165, 1.54) is 6.42 Å². The minimum Gasteiger partial charge on any atom is -0.425 e. The van der Waals surface area contributed by atoms with E-state index in [4.69, 9.17) is 27.6 Å². The smallest absolute Gasteiger partial charge is 0.242 e. The summed E-state index contributed by atoms with van der Waals surface area (Å²) < 4.78 is 10.2. The predicted octanol–water partition coefficient (Wildman–Crippen LogP) is 4.27. The van der Waals surface area contributed by atoms with Crippen LogP contribution in [0.3, 0.4) is 0 Å². The van der Waals surface area contributed by atoms with Gasteiger partial charge in [-0.2, -0.15) is 5.10 Å². The monoisotopic (exact) mass is 461 g/mol. The lowest BCUT2D eigenvalue weighted by Crippen LogP contribution is -2.58. The maximum Gasteiger partial charge on any atom is 0.242 e. The topological polar surface area (TPSA) is 87.5 Å². The van der Waals surface area contributed by atoms with E-state index in [0.29, 0.717) is 36.0 Å². The van der Waals surface area contributed by atoms with Crippen molar-refractivity contribution in [1.82, 2.24) is 34.7 Å². The maximum absolute atomic E-state index is 6.29. The average molecular weight is 462 g/mol. The molecule has 3 aromatic heterocycles. The predicted molar refractivity (Wildman–Crippen MR) is 114 cm³/mol. The normalized spacial score (nSPS) is 31.6. The summed E-state index contributed by atoms with van der Waals surface area (Å²) in [7, 11) is 0. The maximum atomic E-state index is 6.29. The fourth-order valence-corrected chi connectivity index (χ4v) is 7.13. The Kier molecular flexibility index (Phi) is 4.32. The molecule has 8 nitrogen and oxygen atoms in total. The Bertz CT molecular complexity index is 1130. The van der Waals surface area contributed by atoms with E-state index in [0.717, 1.165) is 54.4 Å². The molecule has 4 fully saturated rings. The lowest BCUT2D eigenvalue weighted by Gasteiger charge is -2.60. The molecule has 10 heteroatoms. The van der Waals surface area contributed by atoms with Gasteiger partial charge in [0.2, 0.25) is 17.1 Å². The number of aromatic nitrogens is 7. The lowest BCUT2D eigenvalue weighted by molar-refractivity contribution is -0.0775. The van der Waals surface area contributed by atoms with Crippen LogP contribution in [0.15, 0.2) is 10.7 Å². The second-order valence-corrected chi connectivity index (χ2v) is 10.6. The zero-order valence-corrected chi connectivity index (χ0v) is 19.2. The Balaban J connectivity index is 1.26. The standard InChI is InChI=1S/C21H25Cl2N7O/c1-12-17(22)13(2)29(27-12)4-3-16-25-26-18(31-16)20-6-14-5-15(7-20)9-21(8-14,10-20)30-11-24-19(23)28-30/h11,14-15H,3-10H2,1-2H3. The fraction of sp³-hybridized carbons (Fsp3) is 0.667. The van der Waals surface area contributed by atoms with Crippen molar-refractivity contribution < 1.29 is 4.42 Å². The van der Waals surface area contributed by atoms with Crippen molar-refractivity contribution in [2.24, 2.45) is 11.8 Å². The molecule has 4 aliphatic carbocycles. The van der Waals surface area contributed by atoms with Gasteiger partial charge in [0.25, 0.3) is 0 Å². The largest absolute Gasteiger partial charge is 0.425 e. The molecule has 3 aromatic rings. The van der Waals surface area contributed by atoms with Crippen molar-refractivity contribution in [2.75, 3.05) is 0 Å². The van der Waals surface area contributed by atoms with Crippen LogP contribution < -0.4 is 0 Å². The zero-order chi connectivity index (χ0) is 21.4. The summed E-state index contributed by atoms with van der Waals surface area (Å²) in [5.74, 6) is 2.75. The SMILES string of the molecule is Cc1nn(CCc2nnc(C34CC5CC(C3)CC(n3cnc(Cl)n3)(C5)C4)o2)c(C)c1Cl. The first-order chi connectivity index (χ1) is 14.9. The highest BCUT2D eigenvalue weighted by molar-refractivity contribution is 6.31. The van der Waals surface area contributed by atoms with E-state index in [-0.39, 0.29) is 11.0 Å². The van der Waals surface area contributed by atoms with Gasteiger partial charge in [0.15, 0.2) is 0 Å². The van der Waals surface area contributed by atoms with Gasteiger partial charge >= 0.3 is 0 Å². The van der Waals surface area contributed by atoms with Gasteiger partial charge in [-0.05, 0) is 75.8 Å². The molecule has 0 N–H and O–H groups in total. The molecule has 2 unspecified atom stereocenters.